The average molecular weight is 477 g/mol. The first-order valence-electron chi connectivity index (χ1n) is 8.73. The van der Waals surface area contributed by atoms with Crippen LogP contribution in [-0.2, 0) is 14.3 Å². The molecule has 0 radical (unpaired) electrons. The van der Waals surface area contributed by atoms with Crippen molar-refractivity contribution < 1.29 is 35.9 Å². The summed E-state index contributed by atoms with van der Waals surface area (Å²) in [5, 5.41) is 6.44. The largest absolute Gasteiger partial charge is 1.00 e. The molecule has 1 N–H and O–H groups in total. The van der Waals surface area contributed by atoms with Crippen molar-refractivity contribution in [3.63, 3.8) is 0 Å². The maximum Gasteiger partial charge on any atom is 0.386 e. The third kappa shape index (κ3) is 5.85. The van der Waals surface area contributed by atoms with Crippen LogP contribution >= 0.6 is 11.6 Å². The first-order valence-corrected chi connectivity index (χ1v) is 9.11. The number of aromatic nitrogens is 1. The van der Waals surface area contributed by atoms with Gasteiger partial charge in [-0.05, 0) is 36.1 Å². The van der Waals surface area contributed by atoms with Gasteiger partial charge in [0.1, 0.15) is 0 Å². The number of carbonyl (C=O) groups excluding carboxylic acids is 2. The molecule has 0 aliphatic carbocycles. The molecular formula is C21H19BrClN3O3. The molecule has 1 unspecified atom stereocenters. The first kappa shape index (κ1) is 22.5. The van der Waals surface area contributed by atoms with Crippen LogP contribution in [-0.4, -0.2) is 24.7 Å². The van der Waals surface area contributed by atoms with Crippen LogP contribution in [0.15, 0.2) is 72.1 Å². The molecule has 8 heteroatoms. The summed E-state index contributed by atoms with van der Waals surface area (Å²) >= 11 is 5.84. The minimum absolute atomic E-state index is 0. The molecule has 6 nitrogen and oxygen atoms in total. The van der Waals surface area contributed by atoms with E-state index in [1.54, 1.807) is 43.6 Å². The van der Waals surface area contributed by atoms with Crippen molar-refractivity contribution in [2.45, 2.75) is 13.0 Å². The number of hydrogen-bond acceptors (Lipinski definition) is 4. The lowest BCUT2D eigenvalue weighted by Gasteiger charge is -2.10. The number of hydrogen-bond donors (Lipinski definition) is 1. The molecule has 1 amide bonds. The number of benzene rings is 2. The van der Waals surface area contributed by atoms with Gasteiger partial charge in [-0.3, -0.25) is 4.79 Å². The number of hydrazone groups is 1. The Hall–Kier alpha value is -2.77. The molecule has 1 aromatic heterocycles. The van der Waals surface area contributed by atoms with E-state index in [1.165, 1.54) is 10.8 Å². The lowest BCUT2D eigenvalue weighted by atomic mass is 10.1. The van der Waals surface area contributed by atoms with Crippen LogP contribution in [0.5, 0.6) is 0 Å². The molecule has 0 aliphatic rings. The Morgan fingerprint density at radius 3 is 2.52 bits per heavy atom. The normalized spacial score (nSPS) is 11.7. The van der Waals surface area contributed by atoms with Crippen LogP contribution in [0.4, 0.5) is 0 Å². The van der Waals surface area contributed by atoms with E-state index in [4.69, 9.17) is 16.3 Å². The number of pyridine rings is 1. The summed E-state index contributed by atoms with van der Waals surface area (Å²) in [6.07, 6.45) is 4.88. The molecular weight excluding hydrogens is 458 g/mol. The molecule has 2 aromatic carbocycles. The summed E-state index contributed by atoms with van der Waals surface area (Å²) in [5.41, 5.74) is 3.17. The zero-order valence-electron chi connectivity index (χ0n) is 15.6. The second kappa shape index (κ2) is 10.7. The van der Waals surface area contributed by atoms with E-state index < -0.39 is 17.9 Å². The van der Waals surface area contributed by atoms with E-state index in [0.717, 1.165) is 16.3 Å². The van der Waals surface area contributed by atoms with Crippen molar-refractivity contribution in [2.24, 2.45) is 5.10 Å². The molecule has 0 bridgehead atoms. The van der Waals surface area contributed by atoms with E-state index in [0.29, 0.717) is 5.02 Å². The Kier molecular flexibility index (Phi) is 8.30. The quantitative estimate of drug-likeness (QED) is 0.180. The number of fused-ring (bicyclic) bond motifs is 1. The van der Waals surface area contributed by atoms with Crippen molar-refractivity contribution in [2.75, 3.05) is 6.61 Å². The Bertz CT molecular complexity index is 1030. The van der Waals surface area contributed by atoms with Gasteiger partial charge in [0.15, 0.2) is 12.4 Å². The van der Waals surface area contributed by atoms with Gasteiger partial charge in [0, 0.05) is 16.5 Å². The number of rotatable bonds is 6. The Morgan fingerprint density at radius 2 is 1.83 bits per heavy atom. The fourth-order valence-corrected chi connectivity index (χ4v) is 2.80. The van der Waals surface area contributed by atoms with Crippen LogP contribution in [0.2, 0.25) is 5.02 Å². The predicted octanol–water partition coefficient (Wildman–Crippen LogP) is 0.0392. The van der Waals surface area contributed by atoms with Crippen molar-refractivity contribution in [1.29, 1.82) is 0 Å². The number of nitrogens with one attached hydrogen (secondary N) is 1. The highest BCUT2D eigenvalue weighted by Crippen LogP contribution is 2.12. The van der Waals surface area contributed by atoms with E-state index in [2.05, 4.69) is 10.5 Å². The standard InChI is InChI=1S/C21H18ClN3O3.BrH/c1-2-28-21(27)19(25-12-11-16-5-3-4-6-17(16)14-25)20(26)24-23-13-15-7-9-18(22)10-8-15;/h3-14,19H,2H2,1H3;1H/b23-13+;. The summed E-state index contributed by atoms with van der Waals surface area (Å²) in [7, 11) is 0. The molecule has 0 saturated heterocycles. The van der Waals surface area contributed by atoms with E-state index in [-0.39, 0.29) is 23.6 Å². The van der Waals surface area contributed by atoms with Gasteiger partial charge in [-0.15, -0.1) is 0 Å². The van der Waals surface area contributed by atoms with Gasteiger partial charge in [0.25, 0.3) is 0 Å². The number of amides is 1. The van der Waals surface area contributed by atoms with Crippen LogP contribution in [0.1, 0.15) is 18.5 Å². The Morgan fingerprint density at radius 1 is 1.14 bits per heavy atom. The molecule has 1 atom stereocenters. The van der Waals surface area contributed by atoms with Crippen LogP contribution < -0.4 is 27.0 Å². The molecule has 0 aliphatic heterocycles. The molecule has 0 saturated carbocycles. The smallest absolute Gasteiger partial charge is 0.386 e. The monoisotopic (exact) mass is 475 g/mol. The third-order valence-corrected chi connectivity index (χ3v) is 4.28. The zero-order chi connectivity index (χ0) is 19.9. The third-order valence-electron chi connectivity index (χ3n) is 4.03. The van der Waals surface area contributed by atoms with Crippen molar-refractivity contribution in [3.05, 3.63) is 77.6 Å². The SMILES string of the molecule is CCOC(=O)C(C(=O)N/N=C/c1ccc(Cl)cc1)[n+]1ccc2ccccc2c1.[Br-]. The van der Waals surface area contributed by atoms with Gasteiger partial charge in [0.2, 0.25) is 0 Å². The number of halogens is 2. The summed E-state index contributed by atoms with van der Waals surface area (Å²) in [6.45, 7) is 1.86. The summed E-state index contributed by atoms with van der Waals surface area (Å²) in [4.78, 5) is 25.1. The summed E-state index contributed by atoms with van der Waals surface area (Å²) in [6, 6.07) is 15.3. The second-order valence-corrected chi connectivity index (χ2v) is 6.40. The average Bonchev–Trinajstić information content (AvgIpc) is 2.70. The highest BCUT2D eigenvalue weighted by atomic mass is 79.9. The van der Waals surface area contributed by atoms with Gasteiger partial charge in [0.05, 0.1) is 12.8 Å². The number of esters is 1. The Balaban J connectivity index is 0.00000300. The molecule has 0 fully saturated rings. The second-order valence-electron chi connectivity index (χ2n) is 5.96. The van der Waals surface area contributed by atoms with Crippen LogP contribution in [0, 0.1) is 0 Å². The van der Waals surface area contributed by atoms with Crippen LogP contribution in [0.25, 0.3) is 10.8 Å². The minimum atomic E-state index is -1.19. The number of ether oxygens (including phenoxy) is 1. The lowest BCUT2D eigenvalue weighted by molar-refractivity contribution is -0.696. The minimum Gasteiger partial charge on any atom is -1.00 e. The van der Waals surface area contributed by atoms with Gasteiger partial charge in [-0.25, -0.2) is 10.2 Å². The van der Waals surface area contributed by atoms with E-state index >= 15 is 0 Å². The topological polar surface area (TPSA) is 71.6 Å². The van der Waals surface area contributed by atoms with Gasteiger partial charge in [-0.2, -0.15) is 9.67 Å². The molecule has 3 rings (SSSR count). The van der Waals surface area contributed by atoms with Gasteiger partial charge >= 0.3 is 17.9 Å². The van der Waals surface area contributed by atoms with E-state index in [9.17, 15) is 9.59 Å². The fourth-order valence-electron chi connectivity index (χ4n) is 2.68. The fraction of sp³-hybridized carbons (Fsp3) is 0.143. The highest BCUT2D eigenvalue weighted by Gasteiger charge is 2.37. The van der Waals surface area contributed by atoms with Crippen molar-refractivity contribution >= 4 is 40.5 Å². The van der Waals surface area contributed by atoms with Gasteiger partial charge in [-0.1, -0.05) is 41.9 Å². The zero-order valence-corrected chi connectivity index (χ0v) is 17.9. The summed E-state index contributed by atoms with van der Waals surface area (Å²) < 4.78 is 6.60. The van der Waals surface area contributed by atoms with Crippen LogP contribution in [0.3, 0.4) is 0 Å². The van der Waals surface area contributed by atoms with E-state index in [1.807, 2.05) is 30.3 Å². The summed E-state index contributed by atoms with van der Waals surface area (Å²) in [5.74, 6) is -1.24. The number of nitrogens with zero attached hydrogens (tertiary/aromatic N) is 2. The van der Waals surface area contributed by atoms with Crippen molar-refractivity contribution in [1.82, 2.24) is 5.43 Å². The van der Waals surface area contributed by atoms with Crippen molar-refractivity contribution in [3.8, 4) is 0 Å². The maximum atomic E-state index is 12.7. The molecule has 3 aromatic rings. The maximum absolute atomic E-state index is 12.7. The highest BCUT2D eigenvalue weighted by molar-refractivity contribution is 6.30. The number of carbonyl (C=O) groups is 2. The van der Waals surface area contributed by atoms with Gasteiger partial charge < -0.3 is 21.7 Å². The molecule has 150 valence electrons. The predicted molar refractivity (Wildman–Crippen MR) is 107 cm³/mol. The first-order chi connectivity index (χ1) is 13.6. The Labute approximate surface area is 183 Å². The lowest BCUT2D eigenvalue weighted by Crippen LogP contribution is -3.00. The molecule has 1 heterocycles. The molecule has 0 spiro atoms. The molecule has 29 heavy (non-hydrogen) atoms.